The van der Waals surface area contributed by atoms with Crippen LogP contribution in [0, 0.1) is 0 Å². The van der Waals surface area contributed by atoms with Gasteiger partial charge in [0.05, 0.1) is 0 Å². The number of rotatable bonds is 5. The molecule has 19 heavy (non-hydrogen) atoms. The third-order valence-corrected chi connectivity index (χ3v) is 4.67. The summed E-state index contributed by atoms with van der Waals surface area (Å²) in [5, 5.41) is 2.37. The van der Waals surface area contributed by atoms with Gasteiger partial charge in [0.25, 0.3) is 10.1 Å². The summed E-state index contributed by atoms with van der Waals surface area (Å²) in [5.74, 6) is 0. The standard InChI is InChI=1S/C14H19NO3S/c16-19(17,18)14(13-8-10-15-11-9-13)7-6-12-4-2-1-3-5-12/h1-5,8,14-15H,6-7,9-11H2,(H,16,17,18). The molecule has 0 saturated carbocycles. The SMILES string of the molecule is O=S(=O)(O)C(CCc1ccccc1)C1=CCNCC1. The maximum absolute atomic E-state index is 11.5. The van der Waals surface area contributed by atoms with Crippen molar-refractivity contribution in [1.29, 1.82) is 0 Å². The molecule has 0 aromatic heterocycles. The first kappa shape index (κ1) is 14.2. The fourth-order valence-electron chi connectivity index (χ4n) is 2.40. The lowest BCUT2D eigenvalue weighted by atomic mass is 10.00. The van der Waals surface area contributed by atoms with Crippen molar-refractivity contribution < 1.29 is 13.0 Å². The summed E-state index contributed by atoms with van der Waals surface area (Å²) >= 11 is 0. The van der Waals surface area contributed by atoms with Crippen molar-refractivity contribution in [2.45, 2.75) is 24.5 Å². The largest absolute Gasteiger partial charge is 0.313 e. The summed E-state index contributed by atoms with van der Waals surface area (Å²) in [6.45, 7) is 1.44. The summed E-state index contributed by atoms with van der Waals surface area (Å²) in [6.07, 6.45) is 3.64. The topological polar surface area (TPSA) is 66.4 Å². The summed E-state index contributed by atoms with van der Waals surface area (Å²) in [5.41, 5.74) is 1.92. The maximum Gasteiger partial charge on any atom is 0.271 e. The van der Waals surface area contributed by atoms with Crippen LogP contribution in [-0.2, 0) is 16.5 Å². The van der Waals surface area contributed by atoms with Gasteiger partial charge >= 0.3 is 0 Å². The van der Waals surface area contributed by atoms with Crippen LogP contribution in [0.15, 0.2) is 42.0 Å². The van der Waals surface area contributed by atoms with Crippen molar-refractivity contribution in [2.75, 3.05) is 13.1 Å². The molecule has 0 radical (unpaired) electrons. The lowest BCUT2D eigenvalue weighted by molar-refractivity contribution is 0.466. The highest BCUT2D eigenvalue weighted by molar-refractivity contribution is 7.86. The molecule has 0 spiro atoms. The predicted molar refractivity (Wildman–Crippen MR) is 75.7 cm³/mol. The Hall–Kier alpha value is -1.17. The highest BCUT2D eigenvalue weighted by Crippen LogP contribution is 2.21. The second-order valence-electron chi connectivity index (χ2n) is 4.76. The van der Waals surface area contributed by atoms with E-state index in [0.29, 0.717) is 25.8 Å². The Kier molecular flexibility index (Phi) is 4.74. The Bertz CT molecular complexity index is 537. The molecule has 104 valence electrons. The first-order chi connectivity index (χ1) is 9.07. The quantitative estimate of drug-likeness (QED) is 0.638. The Morgan fingerprint density at radius 1 is 1.26 bits per heavy atom. The van der Waals surface area contributed by atoms with E-state index in [2.05, 4.69) is 5.32 Å². The van der Waals surface area contributed by atoms with Gasteiger partial charge in [0, 0.05) is 6.54 Å². The van der Waals surface area contributed by atoms with Crippen LogP contribution in [0.5, 0.6) is 0 Å². The number of nitrogens with one attached hydrogen (secondary N) is 1. The molecule has 0 aliphatic carbocycles. The average molecular weight is 281 g/mol. The lowest BCUT2D eigenvalue weighted by Gasteiger charge is -2.21. The molecule has 1 atom stereocenters. The smallest absolute Gasteiger partial charge is 0.271 e. The Labute approximate surface area is 114 Å². The maximum atomic E-state index is 11.5. The van der Waals surface area contributed by atoms with Gasteiger partial charge in [-0.3, -0.25) is 4.55 Å². The number of benzene rings is 1. The molecule has 1 aliphatic rings. The minimum absolute atomic E-state index is 0.425. The van der Waals surface area contributed by atoms with Gasteiger partial charge in [-0.05, 0) is 31.4 Å². The van der Waals surface area contributed by atoms with Gasteiger partial charge in [-0.2, -0.15) is 8.42 Å². The van der Waals surface area contributed by atoms with Crippen LogP contribution in [0.2, 0.25) is 0 Å². The minimum Gasteiger partial charge on any atom is -0.313 e. The highest BCUT2D eigenvalue weighted by atomic mass is 32.2. The van der Waals surface area contributed by atoms with Crippen molar-refractivity contribution in [3.05, 3.63) is 47.5 Å². The van der Waals surface area contributed by atoms with E-state index in [1.807, 2.05) is 36.4 Å². The predicted octanol–water partition coefficient (Wildman–Crippen LogP) is 1.80. The Balaban J connectivity index is 2.09. The van der Waals surface area contributed by atoms with Crippen molar-refractivity contribution in [2.24, 2.45) is 0 Å². The number of hydrogen-bond donors (Lipinski definition) is 2. The average Bonchev–Trinajstić information content (AvgIpc) is 2.40. The fourth-order valence-corrected chi connectivity index (χ4v) is 3.41. The van der Waals surface area contributed by atoms with Crippen molar-refractivity contribution in [3.63, 3.8) is 0 Å². The fraction of sp³-hybridized carbons (Fsp3) is 0.429. The van der Waals surface area contributed by atoms with E-state index >= 15 is 0 Å². The zero-order valence-electron chi connectivity index (χ0n) is 10.7. The molecule has 0 fully saturated rings. The third-order valence-electron chi connectivity index (χ3n) is 3.41. The van der Waals surface area contributed by atoms with Crippen LogP contribution in [0.4, 0.5) is 0 Å². The highest BCUT2D eigenvalue weighted by Gasteiger charge is 2.27. The Morgan fingerprint density at radius 2 is 2.00 bits per heavy atom. The molecule has 1 unspecified atom stereocenters. The van der Waals surface area contributed by atoms with Crippen LogP contribution < -0.4 is 5.32 Å². The van der Waals surface area contributed by atoms with E-state index in [1.165, 1.54) is 0 Å². The van der Waals surface area contributed by atoms with Gasteiger partial charge in [-0.25, -0.2) is 0 Å². The van der Waals surface area contributed by atoms with Gasteiger partial charge in [0.2, 0.25) is 0 Å². The minimum atomic E-state index is -4.03. The molecule has 1 heterocycles. The molecule has 1 aliphatic heterocycles. The van der Waals surface area contributed by atoms with Crippen molar-refractivity contribution in [1.82, 2.24) is 5.32 Å². The number of hydrogen-bond acceptors (Lipinski definition) is 3. The van der Waals surface area contributed by atoms with Crippen LogP contribution >= 0.6 is 0 Å². The molecule has 2 N–H and O–H groups in total. The lowest BCUT2D eigenvalue weighted by Crippen LogP contribution is -2.30. The summed E-state index contributed by atoms with van der Waals surface area (Å²) in [6, 6.07) is 9.73. The monoisotopic (exact) mass is 281 g/mol. The summed E-state index contributed by atoms with van der Waals surface area (Å²) in [7, 11) is -4.03. The molecule has 4 nitrogen and oxygen atoms in total. The normalized spacial score (nSPS) is 17.8. The van der Waals surface area contributed by atoms with E-state index < -0.39 is 15.4 Å². The first-order valence-corrected chi connectivity index (χ1v) is 7.97. The molecule has 0 bridgehead atoms. The second kappa shape index (κ2) is 6.32. The van der Waals surface area contributed by atoms with Gasteiger partial charge in [-0.15, -0.1) is 0 Å². The second-order valence-corrected chi connectivity index (χ2v) is 6.36. The van der Waals surface area contributed by atoms with Crippen LogP contribution in [-0.4, -0.2) is 31.3 Å². The first-order valence-electron chi connectivity index (χ1n) is 6.47. The van der Waals surface area contributed by atoms with Gasteiger partial charge < -0.3 is 5.32 Å². The molecule has 0 saturated heterocycles. The van der Waals surface area contributed by atoms with E-state index in [0.717, 1.165) is 17.7 Å². The molecule has 0 amide bonds. The third kappa shape index (κ3) is 4.16. The molecule has 1 aromatic rings. The van der Waals surface area contributed by atoms with E-state index in [9.17, 15) is 13.0 Å². The van der Waals surface area contributed by atoms with Crippen molar-refractivity contribution in [3.8, 4) is 0 Å². The molecule has 2 rings (SSSR count). The van der Waals surface area contributed by atoms with Crippen molar-refractivity contribution >= 4 is 10.1 Å². The number of aryl methyl sites for hydroxylation is 1. The van der Waals surface area contributed by atoms with E-state index in [-0.39, 0.29) is 0 Å². The Morgan fingerprint density at radius 3 is 2.58 bits per heavy atom. The van der Waals surface area contributed by atoms with Gasteiger partial charge in [-0.1, -0.05) is 42.0 Å². The molecule has 5 heteroatoms. The zero-order valence-corrected chi connectivity index (χ0v) is 11.6. The molecular weight excluding hydrogens is 262 g/mol. The summed E-state index contributed by atoms with van der Waals surface area (Å²) < 4.78 is 32.5. The van der Waals surface area contributed by atoms with Gasteiger partial charge in [0.1, 0.15) is 5.25 Å². The van der Waals surface area contributed by atoms with Crippen LogP contribution in [0.25, 0.3) is 0 Å². The molecule has 1 aromatic carbocycles. The van der Waals surface area contributed by atoms with E-state index in [1.54, 1.807) is 0 Å². The van der Waals surface area contributed by atoms with Crippen LogP contribution in [0.3, 0.4) is 0 Å². The molecular formula is C14H19NO3S. The van der Waals surface area contributed by atoms with Gasteiger partial charge in [0.15, 0.2) is 0 Å². The van der Waals surface area contributed by atoms with E-state index in [4.69, 9.17) is 0 Å². The summed E-state index contributed by atoms with van der Waals surface area (Å²) in [4.78, 5) is 0. The zero-order chi connectivity index (χ0) is 13.7. The van der Waals surface area contributed by atoms with Crippen LogP contribution in [0.1, 0.15) is 18.4 Å².